The zero-order valence-corrected chi connectivity index (χ0v) is 8.41. The summed E-state index contributed by atoms with van der Waals surface area (Å²) < 4.78 is 5.03. The number of amides is 1. The van der Waals surface area contributed by atoms with E-state index in [0.717, 1.165) is 11.3 Å². The van der Waals surface area contributed by atoms with Crippen LogP contribution in [0.15, 0.2) is 24.3 Å². The summed E-state index contributed by atoms with van der Waals surface area (Å²) in [5.41, 5.74) is 1.01. The molecule has 2 rings (SSSR count). The first-order valence-electron chi connectivity index (χ1n) is 4.31. The van der Waals surface area contributed by atoms with Crippen LogP contribution in [0, 0.1) is 0 Å². The number of rotatable bonds is 2. The lowest BCUT2D eigenvalue weighted by Crippen LogP contribution is -2.52. The normalized spacial score (nSPS) is 25.1. The molecule has 0 spiro atoms. The monoisotopic (exact) mass is 211 g/mol. The number of benzene rings is 1. The topological polar surface area (TPSA) is 38.3 Å². The molecule has 0 aromatic heterocycles. The molecule has 1 amide bonds. The Morgan fingerprint density at radius 1 is 1.36 bits per heavy atom. The average molecular weight is 212 g/mol. The van der Waals surface area contributed by atoms with Crippen molar-refractivity contribution in [1.29, 1.82) is 0 Å². The number of β-lactam (4-membered cyclic amide) rings is 1. The zero-order chi connectivity index (χ0) is 10.1. The van der Waals surface area contributed by atoms with Crippen molar-refractivity contribution in [3.05, 3.63) is 29.8 Å². The number of carbonyl (C=O) groups excluding carboxylic acids is 1. The molecule has 1 saturated heterocycles. The Hall–Kier alpha value is -1.22. The second-order valence-electron chi connectivity index (χ2n) is 3.16. The van der Waals surface area contributed by atoms with Crippen LogP contribution in [0.25, 0.3) is 0 Å². The van der Waals surface area contributed by atoms with Gasteiger partial charge in [-0.05, 0) is 17.7 Å². The number of alkyl halides is 1. The molecule has 1 N–H and O–H groups in total. The molecule has 1 heterocycles. The summed E-state index contributed by atoms with van der Waals surface area (Å²) in [7, 11) is 1.62. The quantitative estimate of drug-likeness (QED) is 0.595. The van der Waals surface area contributed by atoms with E-state index in [1.807, 2.05) is 24.3 Å². The maximum absolute atomic E-state index is 10.9. The van der Waals surface area contributed by atoms with E-state index in [9.17, 15) is 4.79 Å². The number of methoxy groups -OCH3 is 1. The Balaban J connectivity index is 2.14. The molecule has 0 saturated carbocycles. The van der Waals surface area contributed by atoms with Crippen molar-refractivity contribution in [3.63, 3.8) is 0 Å². The summed E-state index contributed by atoms with van der Waals surface area (Å²) in [5.74, 6) is 0.693. The number of hydrogen-bond donors (Lipinski definition) is 1. The average Bonchev–Trinajstić information content (AvgIpc) is 2.25. The van der Waals surface area contributed by atoms with E-state index in [0.29, 0.717) is 0 Å². The van der Waals surface area contributed by atoms with Gasteiger partial charge < -0.3 is 10.1 Å². The van der Waals surface area contributed by atoms with Crippen molar-refractivity contribution in [2.24, 2.45) is 0 Å². The third-order valence-electron chi connectivity index (χ3n) is 2.32. The van der Waals surface area contributed by atoms with Crippen molar-refractivity contribution >= 4 is 17.5 Å². The summed E-state index contributed by atoms with van der Waals surface area (Å²) in [6.07, 6.45) is 0. The van der Waals surface area contributed by atoms with Crippen molar-refractivity contribution in [1.82, 2.24) is 5.32 Å². The van der Waals surface area contributed by atoms with Gasteiger partial charge in [0.2, 0.25) is 5.91 Å². The fourth-order valence-electron chi connectivity index (χ4n) is 1.42. The summed E-state index contributed by atoms with van der Waals surface area (Å²) in [4.78, 5) is 10.9. The van der Waals surface area contributed by atoms with E-state index in [-0.39, 0.29) is 11.9 Å². The maximum atomic E-state index is 10.9. The highest BCUT2D eigenvalue weighted by Crippen LogP contribution is 2.29. The third kappa shape index (κ3) is 1.44. The van der Waals surface area contributed by atoms with Gasteiger partial charge in [-0.15, -0.1) is 11.6 Å². The van der Waals surface area contributed by atoms with Crippen molar-refractivity contribution in [2.45, 2.75) is 11.4 Å². The fraction of sp³-hybridized carbons (Fsp3) is 0.300. The molecule has 14 heavy (non-hydrogen) atoms. The molecule has 1 aliphatic heterocycles. The molecule has 74 valence electrons. The lowest BCUT2D eigenvalue weighted by atomic mass is 9.97. The van der Waals surface area contributed by atoms with Gasteiger partial charge in [0.1, 0.15) is 11.1 Å². The molecule has 0 bridgehead atoms. The van der Waals surface area contributed by atoms with E-state index in [1.54, 1.807) is 7.11 Å². The SMILES string of the molecule is COc1ccc([C@@H]2NC(=O)[C@H]2Cl)cc1. The summed E-state index contributed by atoms with van der Waals surface area (Å²) >= 11 is 5.83. The molecular weight excluding hydrogens is 202 g/mol. The maximum Gasteiger partial charge on any atom is 0.241 e. The van der Waals surface area contributed by atoms with Gasteiger partial charge in [0.25, 0.3) is 0 Å². The Morgan fingerprint density at radius 2 is 2.00 bits per heavy atom. The molecule has 1 fully saturated rings. The van der Waals surface area contributed by atoms with E-state index in [1.165, 1.54) is 0 Å². The first kappa shape index (κ1) is 9.34. The first-order valence-corrected chi connectivity index (χ1v) is 4.74. The lowest BCUT2D eigenvalue weighted by molar-refractivity contribution is -0.127. The highest BCUT2D eigenvalue weighted by atomic mass is 35.5. The number of nitrogens with one attached hydrogen (secondary N) is 1. The van der Waals surface area contributed by atoms with Gasteiger partial charge >= 0.3 is 0 Å². The van der Waals surface area contributed by atoms with Gasteiger partial charge in [-0.25, -0.2) is 0 Å². The van der Waals surface area contributed by atoms with Crippen LogP contribution in [0.4, 0.5) is 0 Å². The van der Waals surface area contributed by atoms with Crippen LogP contribution >= 0.6 is 11.6 Å². The number of halogens is 1. The minimum absolute atomic E-state index is 0.0601. The second kappa shape index (κ2) is 3.50. The lowest BCUT2D eigenvalue weighted by Gasteiger charge is -2.32. The van der Waals surface area contributed by atoms with Gasteiger partial charge in [0.15, 0.2) is 0 Å². The molecule has 1 aromatic carbocycles. The predicted octanol–water partition coefficient (Wildman–Crippen LogP) is 1.47. The van der Waals surface area contributed by atoms with Crippen LogP contribution in [0.5, 0.6) is 5.75 Å². The molecule has 0 unspecified atom stereocenters. The standard InChI is InChI=1S/C10H10ClNO2/c1-14-7-4-2-6(3-5-7)9-8(11)10(13)12-9/h2-5,8-9H,1H3,(H,12,13)/t8-,9-/m0/s1. The van der Waals surface area contributed by atoms with Crippen LogP contribution in [0.1, 0.15) is 11.6 Å². The summed E-state index contributed by atoms with van der Waals surface area (Å²) in [6.45, 7) is 0. The third-order valence-corrected chi connectivity index (χ3v) is 2.77. The smallest absolute Gasteiger partial charge is 0.241 e. The molecule has 0 radical (unpaired) electrons. The van der Waals surface area contributed by atoms with Crippen molar-refractivity contribution in [3.8, 4) is 5.75 Å². The number of carbonyl (C=O) groups is 1. The van der Waals surface area contributed by atoms with E-state index >= 15 is 0 Å². The summed E-state index contributed by atoms with van der Waals surface area (Å²) in [6, 6.07) is 7.44. The highest BCUT2D eigenvalue weighted by molar-refractivity contribution is 6.33. The zero-order valence-electron chi connectivity index (χ0n) is 7.66. The fourth-order valence-corrected chi connectivity index (χ4v) is 1.70. The van der Waals surface area contributed by atoms with Crippen LogP contribution in [-0.2, 0) is 4.79 Å². The Labute approximate surface area is 87.0 Å². The minimum Gasteiger partial charge on any atom is -0.497 e. The van der Waals surface area contributed by atoms with Gasteiger partial charge in [-0.3, -0.25) is 4.79 Å². The van der Waals surface area contributed by atoms with Gasteiger partial charge in [-0.1, -0.05) is 12.1 Å². The Morgan fingerprint density at radius 3 is 2.43 bits per heavy atom. The van der Waals surface area contributed by atoms with Crippen molar-refractivity contribution < 1.29 is 9.53 Å². The van der Waals surface area contributed by atoms with E-state index in [2.05, 4.69) is 5.32 Å². The molecule has 1 aromatic rings. The van der Waals surface area contributed by atoms with Crippen LogP contribution in [-0.4, -0.2) is 18.4 Å². The second-order valence-corrected chi connectivity index (χ2v) is 3.63. The summed E-state index contributed by atoms with van der Waals surface area (Å²) in [5, 5.41) is 2.29. The highest BCUT2D eigenvalue weighted by Gasteiger charge is 2.38. The van der Waals surface area contributed by atoms with Gasteiger partial charge in [0.05, 0.1) is 13.2 Å². The number of ether oxygens (including phenoxy) is 1. The molecule has 3 nitrogen and oxygen atoms in total. The van der Waals surface area contributed by atoms with Gasteiger partial charge in [-0.2, -0.15) is 0 Å². The number of hydrogen-bond acceptors (Lipinski definition) is 2. The molecule has 0 aliphatic carbocycles. The molecule has 4 heteroatoms. The Kier molecular flexibility index (Phi) is 2.33. The minimum atomic E-state index is -0.441. The first-order chi connectivity index (χ1) is 6.72. The van der Waals surface area contributed by atoms with E-state index < -0.39 is 5.38 Å². The molecule has 2 atom stereocenters. The molecular formula is C10H10ClNO2. The van der Waals surface area contributed by atoms with Crippen LogP contribution in [0.3, 0.4) is 0 Å². The Bertz CT molecular complexity index is 350. The van der Waals surface area contributed by atoms with Crippen LogP contribution < -0.4 is 10.1 Å². The van der Waals surface area contributed by atoms with Crippen LogP contribution in [0.2, 0.25) is 0 Å². The van der Waals surface area contributed by atoms with Gasteiger partial charge in [0, 0.05) is 0 Å². The van der Waals surface area contributed by atoms with E-state index in [4.69, 9.17) is 16.3 Å². The largest absolute Gasteiger partial charge is 0.497 e. The predicted molar refractivity (Wildman–Crippen MR) is 53.5 cm³/mol. The van der Waals surface area contributed by atoms with Crippen molar-refractivity contribution in [2.75, 3.05) is 7.11 Å². The molecule has 1 aliphatic rings.